The molecule has 0 amide bonds. The summed E-state index contributed by atoms with van der Waals surface area (Å²) in [5.74, 6) is 0. The largest absolute Gasteiger partial charge is 0.322 e. The Labute approximate surface area is 229 Å². The van der Waals surface area contributed by atoms with Crippen LogP contribution in [0.4, 0.5) is 0 Å². The molecular weight excluding hydrogens is 517 g/mol. The first-order valence-corrected chi connectivity index (χ1v) is 20.2. The maximum atomic E-state index is 6.08. The highest BCUT2D eigenvalue weighted by Crippen LogP contribution is 2.39. The van der Waals surface area contributed by atoms with Crippen molar-refractivity contribution < 1.29 is 9.05 Å². The Morgan fingerprint density at radius 2 is 0.889 bits per heavy atom. The van der Waals surface area contributed by atoms with Crippen molar-refractivity contribution in [3.05, 3.63) is 72.8 Å². The number of nitrogens with one attached hydrogen (secondary N) is 2. The minimum atomic E-state index is -1.89. The zero-order valence-corrected chi connectivity index (χ0v) is 27.3. The van der Waals surface area contributed by atoms with Crippen molar-refractivity contribution in [2.75, 3.05) is 0 Å². The topological polar surface area (TPSA) is 42.5 Å². The molecule has 0 aliphatic rings. The fraction of sp³-hybridized carbons (Fsp3) is 0.429. The standard InChI is InChI=1S/C28H44N2O2S2Si2/c1-21(29-31-35(9,10)27(3,4)5)23-13-17-25(18-14-23)33-34-26-19-15-24(16-20-26)22(2)30-32-36(11,12)28(6,7)8/h13-20,29-30H,1-2H2,3-12H3. The van der Waals surface area contributed by atoms with Gasteiger partial charge in [0.15, 0.2) is 0 Å². The maximum absolute atomic E-state index is 6.08. The van der Waals surface area contributed by atoms with Crippen LogP contribution in [0.2, 0.25) is 36.3 Å². The molecule has 0 bridgehead atoms. The molecule has 0 heterocycles. The monoisotopic (exact) mass is 560 g/mol. The molecule has 4 nitrogen and oxygen atoms in total. The lowest BCUT2D eigenvalue weighted by atomic mass is 10.2. The van der Waals surface area contributed by atoms with E-state index in [9.17, 15) is 0 Å². The first-order chi connectivity index (χ1) is 16.4. The molecule has 0 saturated carbocycles. The molecule has 2 N–H and O–H groups in total. The molecule has 2 aromatic rings. The van der Waals surface area contributed by atoms with Gasteiger partial charge in [-0.25, -0.2) is 0 Å². The van der Waals surface area contributed by atoms with E-state index < -0.39 is 16.6 Å². The van der Waals surface area contributed by atoms with Gasteiger partial charge < -0.3 is 9.05 Å². The van der Waals surface area contributed by atoms with Crippen molar-refractivity contribution in [3.63, 3.8) is 0 Å². The van der Waals surface area contributed by atoms with Crippen LogP contribution in [0, 0.1) is 0 Å². The van der Waals surface area contributed by atoms with Crippen LogP contribution in [0.1, 0.15) is 52.7 Å². The summed E-state index contributed by atoms with van der Waals surface area (Å²) < 4.78 is 12.2. The van der Waals surface area contributed by atoms with E-state index in [2.05, 4.69) is 140 Å². The van der Waals surface area contributed by atoms with Crippen molar-refractivity contribution in [1.29, 1.82) is 0 Å². The summed E-state index contributed by atoms with van der Waals surface area (Å²) in [6, 6.07) is 16.8. The second-order valence-electron chi connectivity index (χ2n) is 12.1. The first-order valence-electron chi connectivity index (χ1n) is 12.2. The Morgan fingerprint density at radius 1 is 0.611 bits per heavy atom. The highest BCUT2D eigenvalue weighted by molar-refractivity contribution is 8.76. The van der Waals surface area contributed by atoms with Crippen molar-refractivity contribution >= 4 is 49.6 Å². The summed E-state index contributed by atoms with van der Waals surface area (Å²) in [4.78, 5) is 2.36. The normalized spacial score (nSPS) is 12.8. The van der Waals surface area contributed by atoms with E-state index in [0.717, 1.165) is 22.5 Å². The van der Waals surface area contributed by atoms with Gasteiger partial charge in [0.1, 0.15) is 0 Å². The van der Waals surface area contributed by atoms with Crippen molar-refractivity contribution in [2.45, 2.75) is 87.6 Å². The van der Waals surface area contributed by atoms with Gasteiger partial charge in [-0.1, -0.05) is 101 Å². The predicted octanol–water partition coefficient (Wildman–Crippen LogP) is 9.48. The number of hydrogen-bond donors (Lipinski definition) is 2. The summed E-state index contributed by atoms with van der Waals surface area (Å²) in [7, 11) is -0.315. The number of hydroxylamine groups is 2. The fourth-order valence-corrected chi connectivity index (χ4v) is 5.62. The predicted molar refractivity (Wildman–Crippen MR) is 166 cm³/mol. The van der Waals surface area contributed by atoms with Crippen molar-refractivity contribution in [2.24, 2.45) is 0 Å². The molecular formula is C28H44N2O2S2Si2. The van der Waals surface area contributed by atoms with E-state index >= 15 is 0 Å². The average molecular weight is 561 g/mol. The average Bonchev–Trinajstić information content (AvgIpc) is 2.79. The summed E-state index contributed by atoms with van der Waals surface area (Å²) in [6.07, 6.45) is 0. The summed E-state index contributed by atoms with van der Waals surface area (Å²) in [5.41, 5.74) is 9.82. The fourth-order valence-electron chi connectivity index (χ4n) is 2.32. The molecule has 0 saturated heterocycles. The quantitative estimate of drug-likeness (QED) is 0.162. The van der Waals surface area contributed by atoms with Crippen LogP contribution in [0.5, 0.6) is 0 Å². The van der Waals surface area contributed by atoms with E-state index in [-0.39, 0.29) is 10.1 Å². The van der Waals surface area contributed by atoms with Gasteiger partial charge in [0.05, 0.1) is 11.4 Å². The molecule has 2 aromatic carbocycles. The molecule has 0 fully saturated rings. The lowest BCUT2D eigenvalue weighted by Crippen LogP contribution is -2.44. The molecule has 0 radical (unpaired) electrons. The van der Waals surface area contributed by atoms with E-state index in [1.165, 1.54) is 9.79 Å². The highest BCUT2D eigenvalue weighted by atomic mass is 33.1. The van der Waals surface area contributed by atoms with Crippen molar-refractivity contribution in [1.82, 2.24) is 11.0 Å². The molecule has 0 spiro atoms. The molecule has 0 atom stereocenters. The van der Waals surface area contributed by atoms with E-state index in [0.29, 0.717) is 0 Å². The Hall–Kier alpha value is -1.43. The van der Waals surface area contributed by atoms with E-state index in [4.69, 9.17) is 9.05 Å². The third-order valence-corrected chi connectivity index (χ3v) is 18.0. The highest BCUT2D eigenvalue weighted by Gasteiger charge is 2.39. The molecule has 0 aromatic heterocycles. The zero-order valence-electron chi connectivity index (χ0n) is 23.7. The van der Waals surface area contributed by atoms with Crippen LogP contribution in [-0.4, -0.2) is 16.6 Å². The third-order valence-electron chi connectivity index (χ3n) is 7.11. The van der Waals surface area contributed by atoms with Gasteiger partial charge in [-0.2, -0.15) is 0 Å². The summed E-state index contributed by atoms with van der Waals surface area (Å²) in [6.45, 7) is 30.5. The maximum Gasteiger partial charge on any atom is 0.228 e. The van der Waals surface area contributed by atoms with Gasteiger partial charge in [-0.15, -0.1) is 0 Å². The Balaban J connectivity index is 1.87. The molecule has 0 aliphatic carbocycles. The molecule has 198 valence electrons. The van der Waals surface area contributed by atoms with Gasteiger partial charge in [0.2, 0.25) is 16.6 Å². The Bertz CT molecular complexity index is 954. The van der Waals surface area contributed by atoms with Crippen LogP contribution in [0.3, 0.4) is 0 Å². The molecule has 0 aliphatic heterocycles. The second kappa shape index (κ2) is 12.0. The third kappa shape index (κ3) is 8.57. The van der Waals surface area contributed by atoms with Crippen LogP contribution in [0.25, 0.3) is 11.4 Å². The van der Waals surface area contributed by atoms with Crippen LogP contribution in [-0.2, 0) is 9.05 Å². The van der Waals surface area contributed by atoms with Crippen LogP contribution >= 0.6 is 21.6 Å². The number of hydrogen-bond acceptors (Lipinski definition) is 6. The first kappa shape index (κ1) is 30.8. The Morgan fingerprint density at radius 3 is 1.14 bits per heavy atom. The molecule has 8 heteroatoms. The minimum Gasteiger partial charge on any atom is -0.322 e. The van der Waals surface area contributed by atoms with Gasteiger partial charge in [0.25, 0.3) is 0 Å². The molecule has 36 heavy (non-hydrogen) atoms. The zero-order chi connectivity index (χ0) is 27.4. The van der Waals surface area contributed by atoms with Crippen LogP contribution < -0.4 is 11.0 Å². The second-order valence-corrected chi connectivity index (χ2v) is 23.8. The van der Waals surface area contributed by atoms with Crippen LogP contribution in [0.15, 0.2) is 71.5 Å². The Kier molecular flexibility index (Phi) is 10.2. The lowest BCUT2D eigenvalue weighted by Gasteiger charge is -2.35. The number of benzene rings is 2. The lowest BCUT2D eigenvalue weighted by molar-refractivity contribution is 0.226. The van der Waals surface area contributed by atoms with Crippen molar-refractivity contribution in [3.8, 4) is 0 Å². The smallest absolute Gasteiger partial charge is 0.228 e. The van der Waals surface area contributed by atoms with Gasteiger partial charge >= 0.3 is 0 Å². The van der Waals surface area contributed by atoms with Gasteiger partial charge in [-0.3, -0.25) is 11.0 Å². The van der Waals surface area contributed by atoms with Gasteiger partial charge in [0, 0.05) is 9.79 Å². The summed E-state index contributed by atoms with van der Waals surface area (Å²) in [5, 5.41) is 0.275. The van der Waals surface area contributed by atoms with E-state index in [1.807, 2.05) is 0 Å². The van der Waals surface area contributed by atoms with E-state index in [1.54, 1.807) is 21.6 Å². The van der Waals surface area contributed by atoms with Gasteiger partial charge in [-0.05, 0) is 71.7 Å². The molecule has 2 rings (SSSR count). The number of rotatable bonds is 11. The summed E-state index contributed by atoms with van der Waals surface area (Å²) >= 11 is 0. The minimum absolute atomic E-state index is 0.137. The SMILES string of the molecule is C=C(NO[Si](C)(C)C(C)(C)C)c1ccc(SSc2ccc(C(=C)NO[Si](C)(C)C(C)(C)C)cc2)cc1. The molecule has 0 unspecified atom stereocenters.